The number of aryl methyl sites for hydroxylation is 3. The van der Waals surface area contributed by atoms with E-state index in [1.165, 1.54) is 4.90 Å². The van der Waals surface area contributed by atoms with Gasteiger partial charge in [0.1, 0.15) is 5.76 Å². The molecule has 0 fully saturated rings. The normalized spacial score (nSPS) is 17.5. The van der Waals surface area contributed by atoms with E-state index in [1.54, 1.807) is 18.3 Å². The van der Waals surface area contributed by atoms with Crippen molar-refractivity contribution < 1.29 is 14.4 Å². The maximum Gasteiger partial charge on any atom is 0.277 e. The molecule has 0 saturated heterocycles. The minimum Gasteiger partial charge on any atom is -0.361 e. The molecule has 0 aliphatic carbocycles. The summed E-state index contributed by atoms with van der Waals surface area (Å²) in [5, 5.41) is 14.3. The number of anilines is 1. The van der Waals surface area contributed by atoms with Crippen molar-refractivity contribution in [3.8, 4) is 0 Å². The number of imidazole rings is 1. The number of carbonyl (C=O) groups excluding carboxylic acids is 1. The third kappa shape index (κ3) is 2.89. The Morgan fingerprint density at radius 1 is 1.38 bits per heavy atom. The van der Waals surface area contributed by atoms with Gasteiger partial charge in [0.15, 0.2) is 11.5 Å². The van der Waals surface area contributed by atoms with Crippen LogP contribution in [0.1, 0.15) is 41.7 Å². The molecular formula is C16H23N5O3. The number of aromatic nitrogens is 3. The van der Waals surface area contributed by atoms with Gasteiger partial charge in [-0.1, -0.05) is 5.16 Å². The van der Waals surface area contributed by atoms with Gasteiger partial charge in [-0.05, 0) is 26.7 Å². The third-order valence-electron chi connectivity index (χ3n) is 4.33. The van der Waals surface area contributed by atoms with Gasteiger partial charge in [0.2, 0.25) is 6.35 Å². The highest BCUT2D eigenvalue weighted by molar-refractivity contribution is 5.99. The van der Waals surface area contributed by atoms with Gasteiger partial charge >= 0.3 is 0 Å². The van der Waals surface area contributed by atoms with Crippen LogP contribution in [0.5, 0.6) is 0 Å². The zero-order valence-electron chi connectivity index (χ0n) is 14.3. The van der Waals surface area contributed by atoms with Gasteiger partial charge in [0.25, 0.3) is 5.91 Å². The first-order valence-corrected chi connectivity index (χ1v) is 8.22. The van der Waals surface area contributed by atoms with Crippen molar-refractivity contribution in [2.24, 2.45) is 0 Å². The second kappa shape index (κ2) is 6.64. The topological polar surface area (TPSA) is 87.6 Å². The molecule has 1 amide bonds. The Hall–Kier alpha value is -2.35. The lowest BCUT2D eigenvalue weighted by atomic mass is 10.1. The Bertz CT molecular complexity index is 723. The van der Waals surface area contributed by atoms with Crippen molar-refractivity contribution in [3.05, 3.63) is 29.5 Å². The predicted molar refractivity (Wildman–Crippen MR) is 87.5 cm³/mol. The first kappa shape index (κ1) is 16.5. The fourth-order valence-corrected chi connectivity index (χ4v) is 2.98. The van der Waals surface area contributed by atoms with E-state index in [-0.39, 0.29) is 5.91 Å². The Labute approximate surface area is 140 Å². The van der Waals surface area contributed by atoms with Gasteiger partial charge in [0, 0.05) is 32.6 Å². The fourth-order valence-electron chi connectivity index (χ4n) is 2.98. The minimum atomic E-state index is -0.988. The van der Waals surface area contributed by atoms with Gasteiger partial charge in [-0.15, -0.1) is 0 Å². The lowest BCUT2D eigenvalue weighted by Gasteiger charge is -2.38. The van der Waals surface area contributed by atoms with Crippen molar-refractivity contribution in [1.29, 1.82) is 0 Å². The van der Waals surface area contributed by atoms with Crippen molar-refractivity contribution in [1.82, 2.24) is 19.6 Å². The number of hydrogen-bond acceptors (Lipinski definition) is 6. The molecule has 3 heterocycles. The van der Waals surface area contributed by atoms with E-state index in [0.717, 1.165) is 30.7 Å². The van der Waals surface area contributed by atoms with Gasteiger partial charge in [-0.2, -0.15) is 0 Å². The summed E-state index contributed by atoms with van der Waals surface area (Å²) in [6.45, 7) is 4.99. The molecule has 8 heteroatoms. The minimum absolute atomic E-state index is 0.176. The number of unbranched alkanes of at least 4 members (excludes halogenated alkanes) is 1. The molecule has 2 aromatic heterocycles. The number of hydrogen-bond donors (Lipinski definition) is 1. The van der Waals surface area contributed by atoms with E-state index in [9.17, 15) is 9.90 Å². The van der Waals surface area contributed by atoms with Crippen LogP contribution in [0.4, 0.5) is 5.82 Å². The quantitative estimate of drug-likeness (QED) is 0.804. The highest BCUT2D eigenvalue weighted by atomic mass is 16.5. The maximum absolute atomic E-state index is 12.7. The number of fused-ring (bicyclic) bond motifs is 1. The fraction of sp³-hybridized carbons (Fsp3) is 0.562. The van der Waals surface area contributed by atoms with Crippen molar-refractivity contribution >= 4 is 11.7 Å². The van der Waals surface area contributed by atoms with Crippen LogP contribution in [0.3, 0.4) is 0 Å². The van der Waals surface area contributed by atoms with Crippen molar-refractivity contribution in [3.63, 3.8) is 0 Å². The van der Waals surface area contributed by atoms with E-state index in [1.807, 2.05) is 24.5 Å². The molecule has 8 nitrogen and oxygen atoms in total. The molecule has 0 bridgehead atoms. The van der Waals surface area contributed by atoms with Gasteiger partial charge < -0.3 is 19.1 Å². The summed E-state index contributed by atoms with van der Waals surface area (Å²) in [5.41, 5.74) is 1.41. The Balaban J connectivity index is 1.64. The highest BCUT2D eigenvalue weighted by Crippen LogP contribution is 2.28. The maximum atomic E-state index is 12.7. The van der Waals surface area contributed by atoms with Gasteiger partial charge in [-0.25, -0.2) is 4.98 Å². The van der Waals surface area contributed by atoms with Crippen LogP contribution in [-0.2, 0) is 13.0 Å². The predicted octanol–water partition coefficient (Wildman–Crippen LogP) is 1.39. The SMILES string of the molecule is CCn1cnc2c1C(=O)N(CCCCc1cc(C)no1)C(O)N2C. The molecule has 1 aliphatic rings. The first-order valence-electron chi connectivity index (χ1n) is 8.22. The average Bonchev–Trinajstić information content (AvgIpc) is 3.18. The Morgan fingerprint density at radius 2 is 2.17 bits per heavy atom. The smallest absolute Gasteiger partial charge is 0.277 e. The van der Waals surface area contributed by atoms with Gasteiger partial charge in [0.05, 0.1) is 12.0 Å². The summed E-state index contributed by atoms with van der Waals surface area (Å²) < 4.78 is 6.99. The molecular weight excluding hydrogens is 310 g/mol. The van der Waals surface area contributed by atoms with Crippen LogP contribution in [0.15, 0.2) is 16.9 Å². The number of carbonyl (C=O) groups is 1. The molecule has 130 valence electrons. The number of amides is 1. The molecule has 3 rings (SSSR count). The summed E-state index contributed by atoms with van der Waals surface area (Å²) in [6.07, 6.45) is 3.05. The Morgan fingerprint density at radius 3 is 2.83 bits per heavy atom. The summed E-state index contributed by atoms with van der Waals surface area (Å²) in [4.78, 5) is 20.1. The molecule has 0 radical (unpaired) electrons. The largest absolute Gasteiger partial charge is 0.361 e. The molecule has 2 aromatic rings. The van der Waals surface area contributed by atoms with E-state index in [2.05, 4.69) is 10.1 Å². The van der Waals surface area contributed by atoms with E-state index in [4.69, 9.17) is 4.52 Å². The zero-order valence-corrected chi connectivity index (χ0v) is 14.3. The summed E-state index contributed by atoms with van der Waals surface area (Å²) >= 11 is 0. The number of aliphatic hydroxyl groups is 1. The van der Waals surface area contributed by atoms with E-state index < -0.39 is 6.35 Å². The second-order valence-electron chi connectivity index (χ2n) is 6.05. The lowest BCUT2D eigenvalue weighted by molar-refractivity contribution is 0.00244. The highest BCUT2D eigenvalue weighted by Gasteiger charge is 2.37. The average molecular weight is 333 g/mol. The molecule has 1 unspecified atom stereocenters. The van der Waals surface area contributed by atoms with Crippen molar-refractivity contribution in [2.45, 2.75) is 46.0 Å². The first-order chi connectivity index (χ1) is 11.5. The standard InChI is InChI=1S/C16H23N5O3/c1-4-20-10-17-14-13(20)15(22)21(16(23)19(14)3)8-6-5-7-12-9-11(2)18-24-12/h9-10,16,23H,4-8H2,1-3H3. The van der Waals surface area contributed by atoms with Gasteiger partial charge in [-0.3, -0.25) is 9.69 Å². The van der Waals surface area contributed by atoms with Crippen molar-refractivity contribution in [2.75, 3.05) is 18.5 Å². The number of aliphatic hydroxyl groups excluding tert-OH is 1. The Kier molecular flexibility index (Phi) is 4.57. The van der Waals surface area contributed by atoms with Crippen LogP contribution in [0.2, 0.25) is 0 Å². The zero-order chi connectivity index (χ0) is 17.3. The van der Waals surface area contributed by atoms with Crippen LogP contribution < -0.4 is 4.90 Å². The molecule has 1 N–H and O–H groups in total. The molecule has 24 heavy (non-hydrogen) atoms. The molecule has 0 spiro atoms. The van der Waals surface area contributed by atoms with Crippen LogP contribution in [-0.4, -0.2) is 50.6 Å². The second-order valence-corrected chi connectivity index (χ2v) is 6.05. The summed E-state index contributed by atoms with van der Waals surface area (Å²) in [7, 11) is 1.74. The third-order valence-corrected chi connectivity index (χ3v) is 4.33. The molecule has 1 aliphatic heterocycles. The van der Waals surface area contributed by atoms with Crippen LogP contribution in [0, 0.1) is 6.92 Å². The number of rotatable bonds is 6. The molecule has 1 atom stereocenters. The molecule has 0 aromatic carbocycles. The van der Waals surface area contributed by atoms with Crippen LogP contribution in [0.25, 0.3) is 0 Å². The van der Waals surface area contributed by atoms with E-state index in [0.29, 0.717) is 24.6 Å². The monoisotopic (exact) mass is 333 g/mol. The van der Waals surface area contributed by atoms with Crippen LogP contribution >= 0.6 is 0 Å². The molecule has 0 saturated carbocycles. The summed E-state index contributed by atoms with van der Waals surface area (Å²) in [5.74, 6) is 1.20. The summed E-state index contributed by atoms with van der Waals surface area (Å²) in [6, 6.07) is 1.92. The lowest BCUT2D eigenvalue weighted by Crippen LogP contribution is -2.54. The van der Waals surface area contributed by atoms with E-state index >= 15 is 0 Å². The number of nitrogens with zero attached hydrogens (tertiary/aromatic N) is 5.